The van der Waals surface area contributed by atoms with Gasteiger partial charge in [-0.3, -0.25) is 9.59 Å². The molecule has 1 unspecified atom stereocenters. The van der Waals surface area contributed by atoms with Crippen LogP contribution in [-0.4, -0.2) is 35.5 Å². The number of hydrogen-bond donors (Lipinski definition) is 2. The summed E-state index contributed by atoms with van der Waals surface area (Å²) in [7, 11) is 0. The van der Waals surface area contributed by atoms with Gasteiger partial charge in [0.25, 0.3) is 0 Å². The Morgan fingerprint density at radius 1 is 1.19 bits per heavy atom. The number of carbonyl (C=O) groups is 2. The van der Waals surface area contributed by atoms with Crippen LogP contribution in [0.25, 0.3) is 0 Å². The molecule has 8 heteroatoms. The van der Waals surface area contributed by atoms with Crippen LogP contribution in [0.3, 0.4) is 0 Å². The van der Waals surface area contributed by atoms with Crippen LogP contribution in [0.2, 0.25) is 0 Å². The second-order valence-corrected chi connectivity index (χ2v) is 4.57. The van der Waals surface area contributed by atoms with Gasteiger partial charge in [-0.2, -0.15) is 13.2 Å². The highest BCUT2D eigenvalue weighted by molar-refractivity contribution is 5.87. The summed E-state index contributed by atoms with van der Waals surface area (Å²) in [6.45, 7) is -1.68. The standard InChI is InChI=1S/C13H16F3N3O2/c14-13(15,16)8-19(7-9-4-2-1-3-5-9)12(21)10(17)6-11(18)20/h1-5,10H,6-8,17H2,(H2,18,20). The van der Waals surface area contributed by atoms with Gasteiger partial charge < -0.3 is 16.4 Å². The summed E-state index contributed by atoms with van der Waals surface area (Å²) in [6, 6.07) is 6.81. The van der Waals surface area contributed by atoms with Crippen molar-refractivity contribution < 1.29 is 22.8 Å². The molecular formula is C13H16F3N3O2. The first-order chi connectivity index (χ1) is 9.69. The Hall–Kier alpha value is -2.09. The summed E-state index contributed by atoms with van der Waals surface area (Å²) < 4.78 is 37.7. The lowest BCUT2D eigenvalue weighted by Gasteiger charge is -2.26. The zero-order chi connectivity index (χ0) is 16.0. The molecule has 0 aromatic heterocycles. The fourth-order valence-corrected chi connectivity index (χ4v) is 1.77. The molecule has 0 bridgehead atoms. The number of hydrogen-bond acceptors (Lipinski definition) is 3. The predicted octanol–water partition coefficient (Wildman–Crippen LogP) is 0.780. The molecule has 0 spiro atoms. The minimum atomic E-state index is -4.56. The van der Waals surface area contributed by atoms with E-state index in [0.717, 1.165) is 0 Å². The maximum atomic E-state index is 12.6. The Kier molecular flexibility index (Phi) is 5.71. The van der Waals surface area contributed by atoms with E-state index in [9.17, 15) is 22.8 Å². The third-order valence-corrected chi connectivity index (χ3v) is 2.64. The smallest absolute Gasteiger partial charge is 0.370 e. The predicted molar refractivity (Wildman–Crippen MR) is 69.7 cm³/mol. The largest absolute Gasteiger partial charge is 0.406 e. The number of nitrogens with two attached hydrogens (primary N) is 2. The second-order valence-electron chi connectivity index (χ2n) is 4.57. The minimum Gasteiger partial charge on any atom is -0.370 e. The van der Waals surface area contributed by atoms with E-state index < -0.39 is 37.0 Å². The number of carbonyl (C=O) groups excluding carboxylic acids is 2. The van der Waals surface area contributed by atoms with Gasteiger partial charge in [-0.05, 0) is 5.56 Å². The van der Waals surface area contributed by atoms with Crippen LogP contribution < -0.4 is 11.5 Å². The van der Waals surface area contributed by atoms with E-state index in [1.807, 2.05) is 0 Å². The Balaban J connectivity index is 2.86. The molecule has 0 aliphatic carbocycles. The summed E-state index contributed by atoms with van der Waals surface area (Å²) in [6.07, 6.45) is -5.06. The molecule has 1 aromatic carbocycles. The van der Waals surface area contributed by atoms with E-state index in [2.05, 4.69) is 0 Å². The number of alkyl halides is 3. The fourth-order valence-electron chi connectivity index (χ4n) is 1.77. The first-order valence-corrected chi connectivity index (χ1v) is 6.12. The van der Waals surface area contributed by atoms with E-state index in [-0.39, 0.29) is 6.54 Å². The molecule has 0 saturated carbocycles. The van der Waals surface area contributed by atoms with E-state index in [1.165, 1.54) is 0 Å². The van der Waals surface area contributed by atoms with Crippen LogP contribution in [0.15, 0.2) is 30.3 Å². The molecule has 0 aliphatic heterocycles. The zero-order valence-electron chi connectivity index (χ0n) is 11.1. The number of rotatable bonds is 6. The highest BCUT2D eigenvalue weighted by Crippen LogP contribution is 2.19. The molecule has 1 atom stereocenters. The fraction of sp³-hybridized carbons (Fsp3) is 0.385. The molecule has 116 valence electrons. The first-order valence-electron chi connectivity index (χ1n) is 6.12. The summed E-state index contributed by atoms with van der Waals surface area (Å²) in [4.78, 5) is 23.3. The number of halogens is 3. The van der Waals surface area contributed by atoms with Crippen LogP contribution in [-0.2, 0) is 16.1 Å². The molecule has 0 aliphatic rings. The molecule has 2 amide bonds. The molecular weight excluding hydrogens is 287 g/mol. The third-order valence-electron chi connectivity index (χ3n) is 2.64. The molecule has 1 aromatic rings. The third kappa shape index (κ3) is 6.26. The van der Waals surface area contributed by atoms with Gasteiger partial charge in [0.1, 0.15) is 6.54 Å². The summed E-state index contributed by atoms with van der Waals surface area (Å²) in [5.74, 6) is -1.81. The van der Waals surface area contributed by atoms with Crippen LogP contribution in [0.1, 0.15) is 12.0 Å². The van der Waals surface area contributed by atoms with Gasteiger partial charge in [0.05, 0.1) is 12.5 Å². The molecule has 21 heavy (non-hydrogen) atoms. The van der Waals surface area contributed by atoms with Crippen molar-refractivity contribution in [1.29, 1.82) is 0 Å². The van der Waals surface area contributed by atoms with Crippen molar-refractivity contribution in [3.8, 4) is 0 Å². The monoisotopic (exact) mass is 303 g/mol. The maximum Gasteiger partial charge on any atom is 0.406 e. The normalized spacial score (nSPS) is 12.8. The molecule has 4 N–H and O–H groups in total. The lowest BCUT2D eigenvalue weighted by Crippen LogP contribution is -2.48. The Morgan fingerprint density at radius 2 is 1.76 bits per heavy atom. The van der Waals surface area contributed by atoms with Crippen molar-refractivity contribution in [2.24, 2.45) is 11.5 Å². The molecule has 5 nitrogen and oxygen atoms in total. The quantitative estimate of drug-likeness (QED) is 0.814. The van der Waals surface area contributed by atoms with E-state index in [0.29, 0.717) is 10.5 Å². The van der Waals surface area contributed by atoms with Gasteiger partial charge in [0, 0.05) is 6.54 Å². The summed E-state index contributed by atoms with van der Waals surface area (Å²) in [5.41, 5.74) is 10.9. The van der Waals surface area contributed by atoms with Crippen molar-refractivity contribution in [1.82, 2.24) is 4.90 Å². The number of amides is 2. The van der Waals surface area contributed by atoms with Gasteiger partial charge in [-0.1, -0.05) is 30.3 Å². The van der Waals surface area contributed by atoms with E-state index >= 15 is 0 Å². The van der Waals surface area contributed by atoms with E-state index in [4.69, 9.17) is 11.5 Å². The molecule has 0 fully saturated rings. The topological polar surface area (TPSA) is 89.4 Å². The van der Waals surface area contributed by atoms with Crippen molar-refractivity contribution in [2.45, 2.75) is 25.2 Å². The van der Waals surface area contributed by atoms with Crippen molar-refractivity contribution in [3.63, 3.8) is 0 Å². The minimum absolute atomic E-state index is 0.244. The Labute approximate surface area is 119 Å². The number of primary amides is 1. The van der Waals surface area contributed by atoms with Crippen LogP contribution in [0.4, 0.5) is 13.2 Å². The van der Waals surface area contributed by atoms with Gasteiger partial charge in [-0.15, -0.1) is 0 Å². The lowest BCUT2D eigenvalue weighted by atomic mass is 10.1. The zero-order valence-corrected chi connectivity index (χ0v) is 11.1. The van der Waals surface area contributed by atoms with Gasteiger partial charge in [0.2, 0.25) is 11.8 Å². The van der Waals surface area contributed by atoms with E-state index in [1.54, 1.807) is 30.3 Å². The van der Waals surface area contributed by atoms with Crippen LogP contribution >= 0.6 is 0 Å². The average molecular weight is 303 g/mol. The number of nitrogens with zero attached hydrogens (tertiary/aromatic N) is 1. The van der Waals surface area contributed by atoms with Crippen LogP contribution in [0.5, 0.6) is 0 Å². The van der Waals surface area contributed by atoms with Crippen molar-refractivity contribution in [3.05, 3.63) is 35.9 Å². The van der Waals surface area contributed by atoms with Crippen LogP contribution in [0, 0.1) is 0 Å². The summed E-state index contributed by atoms with van der Waals surface area (Å²) in [5, 5.41) is 0. The Morgan fingerprint density at radius 3 is 2.24 bits per heavy atom. The maximum absolute atomic E-state index is 12.6. The Bertz CT molecular complexity index is 491. The highest BCUT2D eigenvalue weighted by atomic mass is 19.4. The van der Waals surface area contributed by atoms with Crippen molar-refractivity contribution in [2.75, 3.05) is 6.54 Å². The molecule has 0 heterocycles. The highest BCUT2D eigenvalue weighted by Gasteiger charge is 2.34. The number of benzene rings is 1. The lowest BCUT2D eigenvalue weighted by molar-refractivity contribution is -0.163. The van der Waals surface area contributed by atoms with Crippen molar-refractivity contribution >= 4 is 11.8 Å². The van der Waals surface area contributed by atoms with Gasteiger partial charge >= 0.3 is 6.18 Å². The first kappa shape index (κ1) is 17.0. The average Bonchev–Trinajstić information content (AvgIpc) is 2.36. The molecule has 0 radical (unpaired) electrons. The molecule has 0 saturated heterocycles. The SMILES string of the molecule is NC(=O)CC(N)C(=O)N(Cc1ccccc1)CC(F)(F)F. The summed E-state index contributed by atoms with van der Waals surface area (Å²) >= 11 is 0. The van der Waals surface area contributed by atoms with Gasteiger partial charge in [0.15, 0.2) is 0 Å². The van der Waals surface area contributed by atoms with Gasteiger partial charge in [-0.25, -0.2) is 0 Å². The molecule has 1 rings (SSSR count). The second kappa shape index (κ2) is 7.07.